The lowest BCUT2D eigenvalue weighted by Gasteiger charge is -2.20. The molecule has 2 rings (SSSR count). The number of benzene rings is 2. The SMILES string of the molecule is CCC(NC(=O)C(S)Cc1ccccc1)c1ccccc1. The molecule has 2 aromatic carbocycles. The molecule has 0 fully saturated rings. The molecule has 0 bridgehead atoms. The number of hydrogen-bond donors (Lipinski definition) is 2. The molecular weight excluding hydrogens is 278 g/mol. The molecule has 3 heteroatoms. The van der Waals surface area contributed by atoms with Crippen molar-refractivity contribution in [2.75, 3.05) is 0 Å². The minimum absolute atomic E-state index is 0.0158. The van der Waals surface area contributed by atoms with Crippen LogP contribution in [-0.2, 0) is 11.2 Å². The molecule has 0 aromatic heterocycles. The molecule has 0 spiro atoms. The van der Waals surface area contributed by atoms with Gasteiger partial charge in [-0.05, 0) is 24.0 Å². The number of thiol groups is 1. The van der Waals surface area contributed by atoms with E-state index < -0.39 is 0 Å². The standard InChI is InChI=1S/C18H21NOS/c1-2-16(15-11-7-4-8-12-15)19-18(20)17(21)13-14-9-5-3-6-10-14/h3-12,16-17,21H,2,13H2,1H3,(H,19,20). The fourth-order valence-electron chi connectivity index (χ4n) is 2.30. The summed E-state index contributed by atoms with van der Waals surface area (Å²) < 4.78 is 0. The summed E-state index contributed by atoms with van der Waals surface area (Å²) in [7, 11) is 0. The Hall–Kier alpha value is -1.74. The van der Waals surface area contributed by atoms with Gasteiger partial charge in [-0.2, -0.15) is 12.6 Å². The Labute approximate surface area is 132 Å². The minimum Gasteiger partial charge on any atom is -0.348 e. The first-order valence-corrected chi connectivity index (χ1v) is 7.79. The second-order valence-corrected chi connectivity index (χ2v) is 5.71. The zero-order valence-corrected chi connectivity index (χ0v) is 13.1. The number of amides is 1. The molecule has 2 unspecified atom stereocenters. The highest BCUT2D eigenvalue weighted by atomic mass is 32.1. The van der Waals surface area contributed by atoms with Crippen LogP contribution in [-0.4, -0.2) is 11.2 Å². The summed E-state index contributed by atoms with van der Waals surface area (Å²) in [6.45, 7) is 2.07. The quantitative estimate of drug-likeness (QED) is 0.781. The number of rotatable bonds is 6. The van der Waals surface area contributed by atoms with Crippen molar-refractivity contribution in [1.29, 1.82) is 0 Å². The summed E-state index contributed by atoms with van der Waals surface area (Å²) in [5.41, 5.74) is 2.26. The lowest BCUT2D eigenvalue weighted by atomic mass is 10.0. The third-order valence-corrected chi connectivity index (χ3v) is 3.92. The maximum Gasteiger partial charge on any atom is 0.233 e. The van der Waals surface area contributed by atoms with Gasteiger partial charge in [-0.3, -0.25) is 4.79 Å². The Kier molecular flexibility index (Phi) is 5.88. The average Bonchev–Trinajstić information content (AvgIpc) is 2.54. The van der Waals surface area contributed by atoms with Crippen LogP contribution in [0.3, 0.4) is 0 Å². The topological polar surface area (TPSA) is 29.1 Å². The first-order valence-electron chi connectivity index (χ1n) is 7.28. The molecule has 0 saturated carbocycles. The van der Waals surface area contributed by atoms with Crippen molar-refractivity contribution in [3.05, 3.63) is 71.8 Å². The van der Waals surface area contributed by atoms with E-state index in [0.717, 1.165) is 17.5 Å². The maximum atomic E-state index is 12.3. The number of carbonyl (C=O) groups excluding carboxylic acids is 1. The largest absolute Gasteiger partial charge is 0.348 e. The molecule has 1 N–H and O–H groups in total. The number of hydrogen-bond acceptors (Lipinski definition) is 2. The Morgan fingerprint density at radius 3 is 2.19 bits per heavy atom. The Bertz CT molecular complexity index is 556. The Balaban J connectivity index is 1.96. The van der Waals surface area contributed by atoms with Gasteiger partial charge in [0.25, 0.3) is 0 Å². The van der Waals surface area contributed by atoms with E-state index in [9.17, 15) is 4.79 Å². The van der Waals surface area contributed by atoms with E-state index in [1.807, 2.05) is 60.7 Å². The third kappa shape index (κ3) is 4.64. The van der Waals surface area contributed by atoms with Crippen LogP contribution in [0.4, 0.5) is 0 Å². The zero-order valence-electron chi connectivity index (χ0n) is 12.2. The summed E-state index contributed by atoms with van der Waals surface area (Å²) >= 11 is 4.45. The molecule has 21 heavy (non-hydrogen) atoms. The second kappa shape index (κ2) is 7.89. The summed E-state index contributed by atoms with van der Waals surface area (Å²) in [4.78, 5) is 12.3. The Morgan fingerprint density at radius 1 is 1.05 bits per heavy atom. The predicted octanol–water partition coefficient (Wildman–Crippen LogP) is 3.80. The minimum atomic E-state index is -0.329. The van der Waals surface area contributed by atoms with Crippen LogP contribution >= 0.6 is 12.6 Å². The van der Waals surface area contributed by atoms with Crippen LogP contribution in [0.2, 0.25) is 0 Å². The fraction of sp³-hybridized carbons (Fsp3) is 0.278. The van der Waals surface area contributed by atoms with Crippen LogP contribution < -0.4 is 5.32 Å². The maximum absolute atomic E-state index is 12.3. The molecule has 0 aliphatic rings. The highest BCUT2D eigenvalue weighted by molar-refractivity contribution is 7.81. The molecule has 1 amide bonds. The first-order chi connectivity index (χ1) is 10.2. The van der Waals surface area contributed by atoms with Crippen molar-refractivity contribution in [3.8, 4) is 0 Å². The molecular formula is C18H21NOS. The van der Waals surface area contributed by atoms with Crippen molar-refractivity contribution in [2.24, 2.45) is 0 Å². The second-order valence-electron chi connectivity index (χ2n) is 5.09. The van der Waals surface area contributed by atoms with Gasteiger partial charge in [0.15, 0.2) is 0 Å². The van der Waals surface area contributed by atoms with Gasteiger partial charge in [0, 0.05) is 0 Å². The molecule has 2 nitrogen and oxygen atoms in total. The monoisotopic (exact) mass is 299 g/mol. The van der Waals surface area contributed by atoms with Gasteiger partial charge in [-0.1, -0.05) is 67.6 Å². The molecule has 0 aliphatic heterocycles. The average molecular weight is 299 g/mol. The van der Waals surface area contributed by atoms with Gasteiger partial charge in [0.05, 0.1) is 11.3 Å². The Morgan fingerprint density at radius 2 is 1.62 bits per heavy atom. The van der Waals surface area contributed by atoms with E-state index in [1.165, 1.54) is 0 Å². The van der Waals surface area contributed by atoms with Crippen molar-refractivity contribution < 1.29 is 4.79 Å². The first kappa shape index (κ1) is 15.6. The fourth-order valence-corrected chi connectivity index (χ4v) is 2.59. The van der Waals surface area contributed by atoms with Crippen molar-refractivity contribution in [3.63, 3.8) is 0 Å². The molecule has 0 saturated heterocycles. The van der Waals surface area contributed by atoms with Crippen LogP contribution in [0.1, 0.15) is 30.5 Å². The van der Waals surface area contributed by atoms with Crippen LogP contribution in [0, 0.1) is 0 Å². The van der Waals surface area contributed by atoms with Gasteiger partial charge >= 0.3 is 0 Å². The summed E-state index contributed by atoms with van der Waals surface area (Å²) in [5.74, 6) is -0.0158. The van der Waals surface area contributed by atoms with Crippen molar-refractivity contribution in [1.82, 2.24) is 5.32 Å². The van der Waals surface area contributed by atoms with Gasteiger partial charge in [-0.15, -0.1) is 0 Å². The van der Waals surface area contributed by atoms with Gasteiger partial charge in [0.1, 0.15) is 0 Å². The van der Waals surface area contributed by atoms with E-state index in [-0.39, 0.29) is 17.2 Å². The molecule has 2 atom stereocenters. The van der Waals surface area contributed by atoms with Gasteiger partial charge in [-0.25, -0.2) is 0 Å². The molecule has 0 heterocycles. The highest BCUT2D eigenvalue weighted by Crippen LogP contribution is 2.17. The summed E-state index contributed by atoms with van der Waals surface area (Å²) in [5, 5.41) is 2.76. The summed E-state index contributed by atoms with van der Waals surface area (Å²) in [6.07, 6.45) is 1.50. The van der Waals surface area contributed by atoms with Crippen LogP contribution in [0.5, 0.6) is 0 Å². The molecule has 2 aromatic rings. The van der Waals surface area contributed by atoms with E-state index in [2.05, 4.69) is 24.9 Å². The molecule has 110 valence electrons. The van der Waals surface area contributed by atoms with Crippen molar-refractivity contribution >= 4 is 18.5 Å². The van der Waals surface area contributed by atoms with E-state index in [4.69, 9.17) is 0 Å². The van der Waals surface area contributed by atoms with Crippen molar-refractivity contribution in [2.45, 2.75) is 31.1 Å². The smallest absolute Gasteiger partial charge is 0.233 e. The van der Waals surface area contributed by atoms with Crippen LogP contribution in [0.15, 0.2) is 60.7 Å². The van der Waals surface area contributed by atoms with E-state index >= 15 is 0 Å². The lowest BCUT2D eigenvalue weighted by molar-refractivity contribution is -0.121. The third-order valence-electron chi connectivity index (χ3n) is 3.50. The number of carbonyl (C=O) groups is 1. The van der Waals surface area contributed by atoms with Gasteiger partial charge in [0.2, 0.25) is 5.91 Å². The molecule has 0 radical (unpaired) electrons. The lowest BCUT2D eigenvalue weighted by Crippen LogP contribution is -2.35. The zero-order chi connectivity index (χ0) is 15.1. The van der Waals surface area contributed by atoms with Gasteiger partial charge < -0.3 is 5.32 Å². The van der Waals surface area contributed by atoms with E-state index in [0.29, 0.717) is 6.42 Å². The molecule has 0 aliphatic carbocycles. The van der Waals surface area contributed by atoms with Crippen LogP contribution in [0.25, 0.3) is 0 Å². The predicted molar refractivity (Wildman–Crippen MR) is 90.5 cm³/mol. The normalized spacial score (nSPS) is 13.4. The number of nitrogens with one attached hydrogen (secondary N) is 1. The van der Waals surface area contributed by atoms with E-state index in [1.54, 1.807) is 0 Å². The summed E-state index contributed by atoms with van der Waals surface area (Å²) in [6, 6.07) is 20.1. The highest BCUT2D eigenvalue weighted by Gasteiger charge is 2.18.